The van der Waals surface area contributed by atoms with Crippen molar-refractivity contribution in [1.29, 1.82) is 0 Å². The summed E-state index contributed by atoms with van der Waals surface area (Å²) in [5.41, 5.74) is 1.09. The summed E-state index contributed by atoms with van der Waals surface area (Å²) in [6.07, 6.45) is 3.73. The van der Waals surface area contributed by atoms with Gasteiger partial charge in [-0.3, -0.25) is 10.1 Å². The highest BCUT2D eigenvalue weighted by Crippen LogP contribution is 2.26. The molecule has 1 aromatic carbocycles. The molecule has 0 radical (unpaired) electrons. The van der Waals surface area contributed by atoms with Crippen molar-refractivity contribution >= 4 is 21.6 Å². The first-order valence-electron chi connectivity index (χ1n) is 5.33. The van der Waals surface area contributed by atoms with Gasteiger partial charge in [0, 0.05) is 18.7 Å². The number of nitro groups is 1. The van der Waals surface area contributed by atoms with E-state index in [2.05, 4.69) is 21.2 Å². The van der Waals surface area contributed by atoms with E-state index in [-0.39, 0.29) is 10.6 Å². The normalized spacial score (nSPS) is 15.8. The molecular weight excluding hydrogens is 272 g/mol. The summed E-state index contributed by atoms with van der Waals surface area (Å²) in [5, 5.41) is 14.1. The number of nitrogens with zero attached hydrogens (tertiary/aromatic N) is 1. The molecule has 0 atom stereocenters. The van der Waals surface area contributed by atoms with Gasteiger partial charge < -0.3 is 5.32 Å². The van der Waals surface area contributed by atoms with Crippen molar-refractivity contribution in [2.45, 2.75) is 31.8 Å². The van der Waals surface area contributed by atoms with Gasteiger partial charge in [-0.1, -0.05) is 12.5 Å². The fourth-order valence-corrected chi connectivity index (χ4v) is 2.07. The Morgan fingerprint density at radius 2 is 2.25 bits per heavy atom. The largest absolute Gasteiger partial charge is 0.310 e. The monoisotopic (exact) mass is 284 g/mol. The predicted molar refractivity (Wildman–Crippen MR) is 65.3 cm³/mol. The lowest BCUT2D eigenvalue weighted by Gasteiger charge is -2.26. The van der Waals surface area contributed by atoms with Crippen LogP contribution in [0, 0.1) is 10.1 Å². The Balaban J connectivity index is 2.03. The highest BCUT2D eigenvalue weighted by atomic mass is 79.9. The minimum absolute atomic E-state index is 0.132. The van der Waals surface area contributed by atoms with Gasteiger partial charge >= 0.3 is 0 Å². The number of hydrogen-bond acceptors (Lipinski definition) is 3. The van der Waals surface area contributed by atoms with Crippen molar-refractivity contribution in [2.24, 2.45) is 0 Å². The van der Waals surface area contributed by atoms with Gasteiger partial charge in [-0.25, -0.2) is 0 Å². The van der Waals surface area contributed by atoms with E-state index < -0.39 is 0 Å². The molecule has 1 fully saturated rings. The van der Waals surface area contributed by atoms with Crippen LogP contribution in [-0.2, 0) is 6.54 Å². The van der Waals surface area contributed by atoms with Crippen LogP contribution in [0.4, 0.5) is 5.69 Å². The zero-order valence-electron chi connectivity index (χ0n) is 8.78. The summed E-state index contributed by atoms with van der Waals surface area (Å²) in [7, 11) is 0. The van der Waals surface area contributed by atoms with Crippen molar-refractivity contribution in [3.63, 3.8) is 0 Å². The van der Waals surface area contributed by atoms with Crippen molar-refractivity contribution in [2.75, 3.05) is 0 Å². The third-order valence-corrected chi connectivity index (χ3v) is 3.58. The number of rotatable bonds is 4. The zero-order valence-corrected chi connectivity index (χ0v) is 10.4. The van der Waals surface area contributed by atoms with Gasteiger partial charge in [0.15, 0.2) is 0 Å². The Morgan fingerprint density at radius 3 is 2.81 bits per heavy atom. The summed E-state index contributed by atoms with van der Waals surface area (Å²) in [5.74, 6) is 0. The molecule has 0 aromatic heterocycles. The lowest BCUT2D eigenvalue weighted by molar-refractivity contribution is -0.385. The maximum atomic E-state index is 10.7. The summed E-state index contributed by atoms with van der Waals surface area (Å²) >= 11 is 3.17. The van der Waals surface area contributed by atoms with E-state index in [0.717, 1.165) is 5.56 Å². The van der Waals surface area contributed by atoms with Gasteiger partial charge in [0.1, 0.15) is 0 Å². The van der Waals surface area contributed by atoms with Crippen LogP contribution in [0.3, 0.4) is 0 Å². The molecule has 0 spiro atoms. The Labute approximate surface area is 102 Å². The van der Waals surface area contributed by atoms with E-state index >= 15 is 0 Å². The van der Waals surface area contributed by atoms with Crippen molar-refractivity contribution in [1.82, 2.24) is 5.32 Å². The molecule has 0 amide bonds. The molecule has 1 saturated carbocycles. The molecule has 1 aliphatic rings. The maximum Gasteiger partial charge on any atom is 0.283 e. The van der Waals surface area contributed by atoms with Crippen LogP contribution in [0.2, 0.25) is 0 Å². The number of nitrogens with one attached hydrogen (secondary N) is 1. The Kier molecular flexibility index (Phi) is 3.56. The van der Waals surface area contributed by atoms with E-state index in [4.69, 9.17) is 0 Å². The average Bonchev–Trinajstić information content (AvgIpc) is 2.17. The van der Waals surface area contributed by atoms with Crippen molar-refractivity contribution in [3.8, 4) is 0 Å². The second kappa shape index (κ2) is 4.93. The summed E-state index contributed by atoms with van der Waals surface area (Å²) in [6, 6.07) is 5.86. The van der Waals surface area contributed by atoms with Gasteiger partial charge in [-0.15, -0.1) is 0 Å². The van der Waals surface area contributed by atoms with E-state index in [0.29, 0.717) is 17.1 Å². The Hall–Kier alpha value is -0.940. The Bertz CT molecular complexity index is 405. The first-order valence-corrected chi connectivity index (χ1v) is 6.12. The van der Waals surface area contributed by atoms with Crippen molar-refractivity contribution in [3.05, 3.63) is 38.3 Å². The maximum absolute atomic E-state index is 10.7. The lowest BCUT2D eigenvalue weighted by atomic mass is 9.93. The minimum atomic E-state index is -0.364. The number of benzene rings is 1. The summed E-state index contributed by atoms with van der Waals surface area (Å²) in [4.78, 5) is 10.4. The van der Waals surface area contributed by atoms with Gasteiger partial charge in [0.2, 0.25) is 0 Å². The smallest absolute Gasteiger partial charge is 0.283 e. The molecule has 86 valence electrons. The molecule has 16 heavy (non-hydrogen) atoms. The van der Waals surface area contributed by atoms with E-state index in [1.54, 1.807) is 12.1 Å². The lowest BCUT2D eigenvalue weighted by Crippen LogP contribution is -2.34. The van der Waals surface area contributed by atoms with E-state index in [9.17, 15) is 10.1 Å². The first kappa shape index (κ1) is 11.5. The first-order chi connectivity index (χ1) is 7.66. The van der Waals surface area contributed by atoms with E-state index in [1.165, 1.54) is 19.3 Å². The molecule has 0 aliphatic heterocycles. The molecule has 0 saturated heterocycles. The third-order valence-electron chi connectivity index (χ3n) is 2.91. The number of hydrogen-bond donors (Lipinski definition) is 1. The second-order valence-electron chi connectivity index (χ2n) is 4.05. The van der Waals surface area contributed by atoms with Crippen LogP contribution in [-0.4, -0.2) is 11.0 Å². The van der Waals surface area contributed by atoms with Crippen molar-refractivity contribution < 1.29 is 4.92 Å². The van der Waals surface area contributed by atoms with Crippen LogP contribution < -0.4 is 5.32 Å². The second-order valence-corrected chi connectivity index (χ2v) is 4.91. The fraction of sp³-hybridized carbons (Fsp3) is 0.455. The fourth-order valence-electron chi connectivity index (χ4n) is 1.68. The molecule has 0 unspecified atom stereocenters. The van der Waals surface area contributed by atoms with Gasteiger partial charge in [-0.2, -0.15) is 0 Å². The van der Waals surface area contributed by atoms with Crippen LogP contribution in [0.5, 0.6) is 0 Å². The third kappa shape index (κ3) is 2.59. The molecular formula is C11H13BrN2O2. The summed E-state index contributed by atoms with van der Waals surface area (Å²) < 4.78 is 0.532. The highest BCUT2D eigenvalue weighted by Gasteiger charge is 2.17. The molecule has 4 nitrogen and oxygen atoms in total. The van der Waals surface area contributed by atoms with Gasteiger partial charge in [0.05, 0.1) is 9.40 Å². The molecule has 1 N–H and O–H groups in total. The average molecular weight is 285 g/mol. The molecule has 1 aromatic rings. The topological polar surface area (TPSA) is 55.2 Å². The molecule has 5 heteroatoms. The van der Waals surface area contributed by atoms with Gasteiger partial charge in [-0.05, 0) is 40.4 Å². The van der Waals surface area contributed by atoms with Crippen LogP contribution >= 0.6 is 15.9 Å². The SMILES string of the molecule is O=[N+]([O-])c1cc(CNC2CCC2)ccc1Br. The quantitative estimate of drug-likeness (QED) is 0.683. The number of halogens is 1. The predicted octanol–water partition coefficient (Wildman–Crippen LogP) is 3.00. The number of nitro benzene ring substituents is 1. The minimum Gasteiger partial charge on any atom is -0.310 e. The standard InChI is InChI=1S/C11H13BrN2O2/c12-10-5-4-8(6-11(10)14(15)16)7-13-9-2-1-3-9/h4-6,9,13H,1-3,7H2. The molecule has 1 aliphatic carbocycles. The zero-order chi connectivity index (χ0) is 11.5. The van der Waals surface area contributed by atoms with Crippen LogP contribution in [0.1, 0.15) is 24.8 Å². The summed E-state index contributed by atoms with van der Waals surface area (Å²) in [6.45, 7) is 0.707. The van der Waals surface area contributed by atoms with Crippen LogP contribution in [0.15, 0.2) is 22.7 Å². The molecule has 0 heterocycles. The molecule has 2 rings (SSSR count). The highest BCUT2D eigenvalue weighted by molar-refractivity contribution is 9.10. The molecule has 0 bridgehead atoms. The van der Waals surface area contributed by atoms with E-state index in [1.807, 2.05) is 6.07 Å². The van der Waals surface area contributed by atoms with Gasteiger partial charge in [0.25, 0.3) is 5.69 Å². The van der Waals surface area contributed by atoms with Crippen LogP contribution in [0.25, 0.3) is 0 Å². The Morgan fingerprint density at radius 1 is 1.50 bits per heavy atom.